The van der Waals surface area contributed by atoms with Gasteiger partial charge in [-0.1, -0.05) is 13.8 Å². The number of rotatable bonds is 7. The number of ether oxygens (including phenoxy) is 1. The van der Waals surface area contributed by atoms with Crippen LogP contribution in [-0.2, 0) is 4.74 Å². The molecule has 2 nitrogen and oxygen atoms in total. The molecule has 0 bridgehead atoms. The third-order valence-corrected chi connectivity index (χ3v) is 1.73. The molecule has 0 rings (SSSR count). The summed E-state index contributed by atoms with van der Waals surface area (Å²) in [5.74, 6) is 0. The van der Waals surface area contributed by atoms with E-state index in [1.165, 1.54) is 0 Å². The molecule has 1 atom stereocenters. The van der Waals surface area contributed by atoms with E-state index >= 15 is 0 Å². The topological polar surface area (TPSA) is 21.3 Å². The number of nitrogens with one attached hydrogen (secondary N) is 1. The maximum Gasteiger partial charge on any atom is 0.0584 e. The van der Waals surface area contributed by atoms with Crippen molar-refractivity contribution in [1.29, 1.82) is 0 Å². The molecular formula is C9H21NO. The van der Waals surface area contributed by atoms with Crippen LogP contribution in [0.4, 0.5) is 0 Å². The van der Waals surface area contributed by atoms with Crippen molar-refractivity contribution >= 4 is 0 Å². The van der Waals surface area contributed by atoms with Crippen LogP contribution in [0.1, 0.15) is 33.1 Å². The molecule has 0 aliphatic heterocycles. The van der Waals surface area contributed by atoms with Gasteiger partial charge in [0.05, 0.1) is 6.10 Å². The highest BCUT2D eigenvalue weighted by molar-refractivity contribution is 4.56. The number of hydrogen-bond donors (Lipinski definition) is 1. The Morgan fingerprint density at radius 2 is 2.09 bits per heavy atom. The quantitative estimate of drug-likeness (QED) is 0.611. The van der Waals surface area contributed by atoms with Crippen molar-refractivity contribution in [2.75, 3.05) is 20.2 Å². The van der Waals surface area contributed by atoms with Crippen LogP contribution in [0, 0.1) is 0 Å². The highest BCUT2D eigenvalue weighted by Gasteiger charge is 2.03. The van der Waals surface area contributed by atoms with E-state index < -0.39 is 0 Å². The van der Waals surface area contributed by atoms with Gasteiger partial charge in [0.2, 0.25) is 0 Å². The fourth-order valence-electron chi connectivity index (χ4n) is 0.995. The third-order valence-electron chi connectivity index (χ3n) is 1.73. The molecule has 0 heterocycles. The van der Waals surface area contributed by atoms with Crippen LogP contribution in [0.3, 0.4) is 0 Å². The lowest BCUT2D eigenvalue weighted by molar-refractivity contribution is 0.0459. The molecular weight excluding hydrogens is 138 g/mol. The van der Waals surface area contributed by atoms with E-state index in [4.69, 9.17) is 4.74 Å². The molecule has 0 aromatic rings. The highest BCUT2D eigenvalue weighted by Crippen LogP contribution is 2.02. The fraction of sp³-hybridized carbons (Fsp3) is 1.00. The van der Waals surface area contributed by atoms with E-state index in [9.17, 15) is 0 Å². The summed E-state index contributed by atoms with van der Waals surface area (Å²) in [5.41, 5.74) is 0. The Labute approximate surface area is 70.3 Å². The molecule has 0 saturated heterocycles. The van der Waals surface area contributed by atoms with Crippen LogP contribution < -0.4 is 5.32 Å². The SMILES string of the molecule is CCCOC(CC)CCNC. The zero-order valence-electron chi connectivity index (χ0n) is 8.02. The molecule has 0 spiro atoms. The van der Waals surface area contributed by atoms with Gasteiger partial charge in [-0.3, -0.25) is 0 Å². The smallest absolute Gasteiger partial charge is 0.0584 e. The van der Waals surface area contributed by atoms with E-state index in [0.29, 0.717) is 6.10 Å². The first kappa shape index (κ1) is 10.9. The van der Waals surface area contributed by atoms with Gasteiger partial charge in [-0.2, -0.15) is 0 Å². The van der Waals surface area contributed by atoms with Gasteiger partial charge in [0.1, 0.15) is 0 Å². The van der Waals surface area contributed by atoms with Gasteiger partial charge in [-0.05, 0) is 32.9 Å². The minimum Gasteiger partial charge on any atom is -0.378 e. The first-order valence-electron chi connectivity index (χ1n) is 4.61. The standard InChI is InChI=1S/C9H21NO/c1-4-8-11-9(5-2)6-7-10-3/h9-10H,4-8H2,1-3H3. The molecule has 0 aliphatic carbocycles. The van der Waals surface area contributed by atoms with E-state index in [2.05, 4.69) is 19.2 Å². The molecule has 2 heteroatoms. The van der Waals surface area contributed by atoms with Gasteiger partial charge in [-0.15, -0.1) is 0 Å². The first-order valence-corrected chi connectivity index (χ1v) is 4.61. The van der Waals surface area contributed by atoms with Gasteiger partial charge in [0.25, 0.3) is 0 Å². The molecule has 0 saturated carbocycles. The summed E-state index contributed by atoms with van der Waals surface area (Å²) in [6.07, 6.45) is 3.84. The van der Waals surface area contributed by atoms with E-state index in [0.717, 1.165) is 32.4 Å². The highest BCUT2D eigenvalue weighted by atomic mass is 16.5. The minimum atomic E-state index is 0.461. The predicted molar refractivity (Wildman–Crippen MR) is 48.9 cm³/mol. The largest absolute Gasteiger partial charge is 0.378 e. The zero-order valence-corrected chi connectivity index (χ0v) is 8.02. The van der Waals surface area contributed by atoms with Crippen molar-refractivity contribution in [2.24, 2.45) is 0 Å². The average Bonchev–Trinajstić information content (AvgIpc) is 2.05. The lowest BCUT2D eigenvalue weighted by Crippen LogP contribution is -2.19. The van der Waals surface area contributed by atoms with Crippen molar-refractivity contribution in [2.45, 2.75) is 39.2 Å². The summed E-state index contributed by atoms with van der Waals surface area (Å²) < 4.78 is 5.60. The normalized spacial score (nSPS) is 13.4. The van der Waals surface area contributed by atoms with Crippen LogP contribution in [-0.4, -0.2) is 26.3 Å². The monoisotopic (exact) mass is 159 g/mol. The second-order valence-electron chi connectivity index (χ2n) is 2.79. The summed E-state index contributed by atoms with van der Waals surface area (Å²) in [7, 11) is 1.98. The number of hydrogen-bond acceptors (Lipinski definition) is 2. The van der Waals surface area contributed by atoms with Gasteiger partial charge >= 0.3 is 0 Å². The summed E-state index contributed by atoms with van der Waals surface area (Å²) in [6, 6.07) is 0. The van der Waals surface area contributed by atoms with E-state index in [1.807, 2.05) is 7.05 Å². The van der Waals surface area contributed by atoms with Gasteiger partial charge < -0.3 is 10.1 Å². The van der Waals surface area contributed by atoms with Gasteiger partial charge in [-0.25, -0.2) is 0 Å². The molecule has 0 amide bonds. The zero-order chi connectivity index (χ0) is 8.53. The molecule has 0 radical (unpaired) electrons. The van der Waals surface area contributed by atoms with Crippen LogP contribution >= 0.6 is 0 Å². The summed E-state index contributed by atoms with van der Waals surface area (Å²) in [6.45, 7) is 6.28. The summed E-state index contributed by atoms with van der Waals surface area (Å²) in [4.78, 5) is 0. The first-order chi connectivity index (χ1) is 5.35. The van der Waals surface area contributed by atoms with Crippen LogP contribution in [0.15, 0.2) is 0 Å². The van der Waals surface area contributed by atoms with Crippen LogP contribution in [0.5, 0.6) is 0 Å². The Balaban J connectivity index is 3.25. The summed E-state index contributed by atoms with van der Waals surface area (Å²) >= 11 is 0. The minimum absolute atomic E-state index is 0.461. The predicted octanol–water partition coefficient (Wildman–Crippen LogP) is 1.80. The van der Waals surface area contributed by atoms with Crippen molar-refractivity contribution < 1.29 is 4.74 Å². The Kier molecular flexibility index (Phi) is 7.96. The lowest BCUT2D eigenvalue weighted by atomic mass is 10.2. The molecule has 0 fully saturated rings. The van der Waals surface area contributed by atoms with Crippen molar-refractivity contribution in [3.05, 3.63) is 0 Å². The Bertz CT molecular complexity index is 68.0. The Hall–Kier alpha value is -0.0800. The van der Waals surface area contributed by atoms with Crippen molar-refractivity contribution in [3.63, 3.8) is 0 Å². The Morgan fingerprint density at radius 1 is 1.36 bits per heavy atom. The van der Waals surface area contributed by atoms with Gasteiger partial charge in [0, 0.05) is 6.61 Å². The lowest BCUT2D eigenvalue weighted by Gasteiger charge is -2.14. The van der Waals surface area contributed by atoms with E-state index in [-0.39, 0.29) is 0 Å². The van der Waals surface area contributed by atoms with Crippen LogP contribution in [0.2, 0.25) is 0 Å². The molecule has 68 valence electrons. The molecule has 1 N–H and O–H groups in total. The molecule has 1 unspecified atom stereocenters. The van der Waals surface area contributed by atoms with Gasteiger partial charge in [0.15, 0.2) is 0 Å². The molecule has 0 aliphatic rings. The molecule has 11 heavy (non-hydrogen) atoms. The fourth-order valence-corrected chi connectivity index (χ4v) is 0.995. The summed E-state index contributed by atoms with van der Waals surface area (Å²) in [5, 5.41) is 3.13. The Morgan fingerprint density at radius 3 is 2.55 bits per heavy atom. The molecule has 0 aromatic heterocycles. The van der Waals surface area contributed by atoms with Crippen molar-refractivity contribution in [3.8, 4) is 0 Å². The third kappa shape index (κ3) is 6.32. The van der Waals surface area contributed by atoms with Crippen molar-refractivity contribution in [1.82, 2.24) is 5.32 Å². The van der Waals surface area contributed by atoms with E-state index in [1.54, 1.807) is 0 Å². The second kappa shape index (κ2) is 8.02. The maximum absolute atomic E-state index is 5.60. The maximum atomic E-state index is 5.60. The second-order valence-corrected chi connectivity index (χ2v) is 2.79. The molecule has 0 aromatic carbocycles. The van der Waals surface area contributed by atoms with Crippen LogP contribution in [0.25, 0.3) is 0 Å². The average molecular weight is 159 g/mol.